The summed E-state index contributed by atoms with van der Waals surface area (Å²) in [5.74, 6) is -1.67. The SMILES string of the molecule is NC(=O)[C@H]1CCCN(C(=O)COC(=O)/C=C/c2ccc(Cl)cc2)C1. The number of carbonyl (C=O) groups is 3. The Morgan fingerprint density at radius 1 is 1.29 bits per heavy atom. The maximum atomic E-state index is 12.0. The molecule has 1 fully saturated rings. The Labute approximate surface area is 145 Å². The molecule has 24 heavy (non-hydrogen) atoms. The van der Waals surface area contributed by atoms with Crippen LogP contribution in [0.5, 0.6) is 0 Å². The number of ether oxygens (including phenoxy) is 1. The van der Waals surface area contributed by atoms with Crippen LogP contribution in [-0.2, 0) is 19.1 Å². The van der Waals surface area contributed by atoms with Gasteiger partial charge in [0.05, 0.1) is 5.92 Å². The molecule has 128 valence electrons. The third-order valence-electron chi connectivity index (χ3n) is 3.80. The summed E-state index contributed by atoms with van der Waals surface area (Å²) in [6.45, 7) is 0.475. The van der Waals surface area contributed by atoms with Crippen molar-refractivity contribution >= 4 is 35.5 Å². The van der Waals surface area contributed by atoms with Gasteiger partial charge in [0.25, 0.3) is 5.91 Å². The van der Waals surface area contributed by atoms with E-state index in [1.165, 1.54) is 11.0 Å². The van der Waals surface area contributed by atoms with Crippen LogP contribution in [-0.4, -0.2) is 42.4 Å². The average Bonchev–Trinajstić information content (AvgIpc) is 2.59. The van der Waals surface area contributed by atoms with Gasteiger partial charge in [0.1, 0.15) is 0 Å². The minimum atomic E-state index is -0.609. The average molecular weight is 351 g/mol. The molecule has 0 saturated carbocycles. The largest absolute Gasteiger partial charge is 0.452 e. The van der Waals surface area contributed by atoms with Gasteiger partial charge in [-0.1, -0.05) is 23.7 Å². The maximum absolute atomic E-state index is 12.0. The van der Waals surface area contributed by atoms with Gasteiger partial charge in [0.2, 0.25) is 5.91 Å². The third-order valence-corrected chi connectivity index (χ3v) is 4.05. The number of primary amides is 1. The standard InChI is InChI=1S/C17H19ClN2O4/c18-14-6-3-12(4-7-14)5-8-16(22)24-11-15(21)20-9-1-2-13(10-20)17(19)23/h3-8,13H,1-2,9-11H2,(H2,19,23)/b8-5+/t13-/m0/s1. The molecule has 0 aliphatic carbocycles. The van der Waals surface area contributed by atoms with Crippen LogP contribution in [0.4, 0.5) is 0 Å². The van der Waals surface area contributed by atoms with E-state index in [-0.39, 0.29) is 25.0 Å². The first-order valence-corrected chi connectivity index (χ1v) is 8.01. The van der Waals surface area contributed by atoms with Gasteiger partial charge in [-0.15, -0.1) is 0 Å². The van der Waals surface area contributed by atoms with Crippen LogP contribution in [0.1, 0.15) is 18.4 Å². The lowest BCUT2D eigenvalue weighted by molar-refractivity contribution is -0.149. The van der Waals surface area contributed by atoms with Crippen molar-refractivity contribution in [3.8, 4) is 0 Å². The van der Waals surface area contributed by atoms with Crippen LogP contribution in [0.25, 0.3) is 6.08 Å². The van der Waals surface area contributed by atoms with Crippen molar-refractivity contribution in [1.82, 2.24) is 4.90 Å². The first-order valence-electron chi connectivity index (χ1n) is 7.63. The number of hydrogen-bond donors (Lipinski definition) is 1. The molecule has 2 rings (SSSR count). The highest BCUT2D eigenvalue weighted by Gasteiger charge is 2.27. The second kappa shape index (κ2) is 8.49. The summed E-state index contributed by atoms with van der Waals surface area (Å²) < 4.78 is 4.94. The molecule has 6 nitrogen and oxygen atoms in total. The fourth-order valence-electron chi connectivity index (χ4n) is 2.45. The summed E-state index contributed by atoms with van der Waals surface area (Å²) in [4.78, 5) is 36.4. The second-order valence-corrected chi connectivity index (χ2v) is 6.01. The molecular weight excluding hydrogens is 332 g/mol. The quantitative estimate of drug-likeness (QED) is 0.645. The van der Waals surface area contributed by atoms with E-state index in [2.05, 4.69) is 0 Å². The number of rotatable bonds is 5. The van der Waals surface area contributed by atoms with Gasteiger partial charge in [-0.2, -0.15) is 0 Å². The fraction of sp³-hybridized carbons (Fsp3) is 0.353. The first kappa shape index (κ1) is 18.0. The zero-order valence-corrected chi connectivity index (χ0v) is 13.9. The van der Waals surface area contributed by atoms with E-state index in [0.717, 1.165) is 5.56 Å². The Balaban J connectivity index is 1.79. The third kappa shape index (κ3) is 5.38. The molecule has 0 radical (unpaired) electrons. The molecule has 0 aromatic heterocycles. The van der Waals surface area contributed by atoms with Gasteiger partial charge < -0.3 is 15.4 Å². The highest BCUT2D eigenvalue weighted by atomic mass is 35.5. The van der Waals surface area contributed by atoms with Gasteiger partial charge in [0.15, 0.2) is 6.61 Å². The number of nitrogens with zero attached hydrogens (tertiary/aromatic N) is 1. The van der Waals surface area contributed by atoms with E-state index in [9.17, 15) is 14.4 Å². The zero-order chi connectivity index (χ0) is 17.5. The number of halogens is 1. The number of piperidine rings is 1. The summed E-state index contributed by atoms with van der Waals surface area (Å²) in [5.41, 5.74) is 6.07. The van der Waals surface area contributed by atoms with Gasteiger partial charge in [-0.25, -0.2) is 4.79 Å². The summed E-state index contributed by atoms with van der Waals surface area (Å²) in [6, 6.07) is 6.94. The maximum Gasteiger partial charge on any atom is 0.331 e. The molecule has 1 atom stereocenters. The number of hydrogen-bond acceptors (Lipinski definition) is 4. The molecule has 1 heterocycles. The van der Waals surface area contributed by atoms with Gasteiger partial charge in [-0.05, 0) is 36.6 Å². The van der Waals surface area contributed by atoms with Crippen molar-refractivity contribution in [3.05, 3.63) is 40.9 Å². The van der Waals surface area contributed by atoms with Crippen LogP contribution in [0.15, 0.2) is 30.3 Å². The highest BCUT2D eigenvalue weighted by molar-refractivity contribution is 6.30. The molecule has 1 aliphatic heterocycles. The normalized spacial score (nSPS) is 17.7. The second-order valence-electron chi connectivity index (χ2n) is 5.57. The topological polar surface area (TPSA) is 89.7 Å². The van der Waals surface area contributed by atoms with Crippen LogP contribution < -0.4 is 5.73 Å². The Morgan fingerprint density at radius 3 is 2.67 bits per heavy atom. The predicted octanol–water partition coefficient (Wildman–Crippen LogP) is 1.62. The van der Waals surface area contributed by atoms with Crippen LogP contribution in [0, 0.1) is 5.92 Å². The van der Waals surface area contributed by atoms with Gasteiger partial charge >= 0.3 is 5.97 Å². The molecule has 1 aliphatic rings. The van der Waals surface area contributed by atoms with E-state index in [1.54, 1.807) is 30.3 Å². The molecule has 0 bridgehead atoms. The highest BCUT2D eigenvalue weighted by Crippen LogP contribution is 2.16. The van der Waals surface area contributed by atoms with Crippen LogP contribution >= 0.6 is 11.6 Å². The number of benzene rings is 1. The van der Waals surface area contributed by atoms with E-state index in [4.69, 9.17) is 22.1 Å². The van der Waals surface area contributed by atoms with Crippen molar-refractivity contribution in [2.75, 3.05) is 19.7 Å². The summed E-state index contributed by atoms with van der Waals surface area (Å²) >= 11 is 5.78. The predicted molar refractivity (Wildman–Crippen MR) is 89.9 cm³/mol. The van der Waals surface area contributed by atoms with E-state index >= 15 is 0 Å². The number of carbonyl (C=O) groups excluding carboxylic acids is 3. The van der Waals surface area contributed by atoms with Crippen LogP contribution in [0.2, 0.25) is 5.02 Å². The molecule has 7 heteroatoms. The smallest absolute Gasteiger partial charge is 0.331 e. The summed E-state index contributed by atoms with van der Waals surface area (Å²) in [7, 11) is 0. The number of likely N-dealkylation sites (tertiary alicyclic amines) is 1. The van der Waals surface area contributed by atoms with Gasteiger partial charge in [0, 0.05) is 24.2 Å². The monoisotopic (exact) mass is 350 g/mol. The molecule has 2 amide bonds. The zero-order valence-electron chi connectivity index (χ0n) is 13.1. The lowest BCUT2D eigenvalue weighted by Crippen LogP contribution is -2.45. The van der Waals surface area contributed by atoms with Crippen LogP contribution in [0.3, 0.4) is 0 Å². The summed E-state index contributed by atoms with van der Waals surface area (Å²) in [5, 5.41) is 0.608. The van der Waals surface area contributed by atoms with Crippen molar-refractivity contribution < 1.29 is 19.1 Å². The minimum absolute atomic E-state index is 0.284. The molecule has 0 spiro atoms. The molecule has 0 unspecified atom stereocenters. The van der Waals surface area contributed by atoms with Crippen molar-refractivity contribution in [2.24, 2.45) is 11.7 Å². The Hall–Kier alpha value is -2.34. The Bertz CT molecular complexity index is 642. The molecule has 2 N–H and O–H groups in total. The summed E-state index contributed by atoms with van der Waals surface area (Å²) in [6.07, 6.45) is 4.22. The molecule has 1 saturated heterocycles. The van der Waals surface area contributed by atoms with Crippen molar-refractivity contribution in [2.45, 2.75) is 12.8 Å². The number of nitrogens with two attached hydrogens (primary N) is 1. The van der Waals surface area contributed by atoms with Gasteiger partial charge in [-0.3, -0.25) is 9.59 Å². The van der Waals surface area contributed by atoms with Crippen molar-refractivity contribution in [3.63, 3.8) is 0 Å². The molecular formula is C17H19ClN2O4. The lowest BCUT2D eigenvalue weighted by Gasteiger charge is -2.30. The fourth-order valence-corrected chi connectivity index (χ4v) is 2.57. The molecule has 1 aromatic rings. The number of amides is 2. The molecule has 1 aromatic carbocycles. The first-order chi connectivity index (χ1) is 11.5. The minimum Gasteiger partial charge on any atom is -0.452 e. The van der Waals surface area contributed by atoms with E-state index in [1.807, 2.05) is 0 Å². The Morgan fingerprint density at radius 2 is 2.00 bits per heavy atom. The van der Waals surface area contributed by atoms with E-state index in [0.29, 0.717) is 24.4 Å². The Kier molecular flexibility index (Phi) is 6.37. The van der Waals surface area contributed by atoms with E-state index < -0.39 is 11.9 Å². The number of esters is 1. The lowest BCUT2D eigenvalue weighted by atomic mass is 9.97. The van der Waals surface area contributed by atoms with Crippen molar-refractivity contribution in [1.29, 1.82) is 0 Å².